The Hall–Kier alpha value is -3.06. The Labute approximate surface area is 182 Å². The van der Waals surface area contributed by atoms with Crippen LogP contribution in [0.5, 0.6) is 0 Å². The van der Waals surface area contributed by atoms with Gasteiger partial charge in [-0.25, -0.2) is 4.39 Å². The van der Waals surface area contributed by atoms with E-state index in [1.165, 1.54) is 22.5 Å². The lowest BCUT2D eigenvalue weighted by atomic mass is 9.89. The first-order valence-electron chi connectivity index (χ1n) is 10.9. The fourth-order valence-corrected chi connectivity index (χ4v) is 4.15. The molecule has 1 saturated carbocycles. The Kier molecular flexibility index (Phi) is 6.72. The maximum atomic E-state index is 13.2. The molecule has 162 valence electrons. The Morgan fingerprint density at radius 1 is 1.10 bits per heavy atom. The monoisotopic (exact) mass is 421 g/mol. The molecule has 1 aliphatic carbocycles. The summed E-state index contributed by atoms with van der Waals surface area (Å²) >= 11 is 0. The first-order valence-corrected chi connectivity index (χ1v) is 10.9. The second kappa shape index (κ2) is 9.83. The van der Waals surface area contributed by atoms with Crippen LogP contribution in [0.3, 0.4) is 0 Å². The Balaban J connectivity index is 1.41. The summed E-state index contributed by atoms with van der Waals surface area (Å²) in [5, 5.41) is 12.5. The molecule has 2 aromatic carbocycles. The molecule has 1 aliphatic rings. The van der Waals surface area contributed by atoms with Crippen molar-refractivity contribution in [3.05, 3.63) is 72.2 Å². The van der Waals surface area contributed by atoms with Crippen LogP contribution in [-0.4, -0.2) is 33.0 Å². The molecule has 1 N–H and O–H groups in total. The SMILES string of the molecule is CCC(=O)N(c1cnn(-c2ccc(F)cc2)n1)C1CCC(NCc2ccccc2)CC1. The first kappa shape index (κ1) is 21.2. The van der Waals surface area contributed by atoms with Gasteiger partial charge < -0.3 is 5.32 Å². The molecule has 1 heterocycles. The van der Waals surface area contributed by atoms with Gasteiger partial charge in [-0.05, 0) is 55.5 Å². The smallest absolute Gasteiger partial charge is 0.228 e. The van der Waals surface area contributed by atoms with Crippen LogP contribution in [0.25, 0.3) is 5.69 Å². The van der Waals surface area contributed by atoms with Gasteiger partial charge in [0.1, 0.15) is 5.82 Å². The normalized spacial score (nSPS) is 18.6. The highest BCUT2D eigenvalue weighted by Gasteiger charge is 2.30. The average molecular weight is 422 g/mol. The number of anilines is 1. The van der Waals surface area contributed by atoms with Gasteiger partial charge in [-0.2, -0.15) is 5.10 Å². The van der Waals surface area contributed by atoms with Crippen molar-refractivity contribution in [2.45, 2.75) is 57.7 Å². The van der Waals surface area contributed by atoms with E-state index >= 15 is 0 Å². The van der Waals surface area contributed by atoms with Crippen LogP contribution in [0.1, 0.15) is 44.6 Å². The third-order valence-electron chi connectivity index (χ3n) is 5.85. The molecular weight excluding hydrogens is 393 g/mol. The third kappa shape index (κ3) is 5.17. The highest BCUT2D eigenvalue weighted by Crippen LogP contribution is 2.27. The van der Waals surface area contributed by atoms with Gasteiger partial charge in [0, 0.05) is 25.0 Å². The highest BCUT2D eigenvalue weighted by atomic mass is 19.1. The van der Waals surface area contributed by atoms with Crippen LogP contribution >= 0.6 is 0 Å². The molecule has 0 unspecified atom stereocenters. The van der Waals surface area contributed by atoms with E-state index in [2.05, 4.69) is 39.8 Å². The zero-order valence-corrected chi connectivity index (χ0v) is 17.7. The van der Waals surface area contributed by atoms with Crippen molar-refractivity contribution in [1.29, 1.82) is 0 Å². The summed E-state index contributed by atoms with van der Waals surface area (Å²) in [6.07, 6.45) is 5.89. The van der Waals surface area contributed by atoms with Crippen LogP contribution < -0.4 is 10.2 Å². The molecule has 1 amide bonds. The zero-order chi connectivity index (χ0) is 21.6. The summed E-state index contributed by atoms with van der Waals surface area (Å²) in [7, 11) is 0. The molecule has 0 bridgehead atoms. The van der Waals surface area contributed by atoms with Crippen molar-refractivity contribution >= 4 is 11.7 Å². The molecule has 3 aromatic rings. The minimum absolute atomic E-state index is 0.0480. The number of hydrogen-bond donors (Lipinski definition) is 1. The lowest BCUT2D eigenvalue weighted by Crippen LogP contribution is -2.45. The van der Waals surface area contributed by atoms with Crippen molar-refractivity contribution < 1.29 is 9.18 Å². The summed E-state index contributed by atoms with van der Waals surface area (Å²) in [6, 6.07) is 16.9. The topological polar surface area (TPSA) is 63.1 Å². The van der Waals surface area contributed by atoms with E-state index in [0.29, 0.717) is 24.0 Å². The van der Waals surface area contributed by atoms with Gasteiger partial charge in [-0.15, -0.1) is 9.90 Å². The van der Waals surface area contributed by atoms with Crippen LogP contribution in [0.4, 0.5) is 10.2 Å². The van der Waals surface area contributed by atoms with Gasteiger partial charge in [0.15, 0.2) is 5.82 Å². The third-order valence-corrected chi connectivity index (χ3v) is 5.85. The standard InChI is InChI=1S/C24H28FN5O/c1-2-24(31)29(23-17-27-30(28-23)22-12-8-19(25)9-13-22)21-14-10-20(11-15-21)26-16-18-6-4-3-5-7-18/h3-9,12-13,17,20-21,26H,2,10-11,14-16H2,1H3. The Morgan fingerprint density at radius 3 is 2.48 bits per heavy atom. The minimum atomic E-state index is -0.309. The van der Waals surface area contributed by atoms with Crippen LogP contribution in [0.15, 0.2) is 60.8 Å². The van der Waals surface area contributed by atoms with Crippen LogP contribution in [0.2, 0.25) is 0 Å². The average Bonchev–Trinajstić information content (AvgIpc) is 3.29. The van der Waals surface area contributed by atoms with E-state index in [4.69, 9.17) is 0 Å². The van der Waals surface area contributed by atoms with Gasteiger partial charge in [0.05, 0.1) is 11.9 Å². The molecule has 0 saturated heterocycles. The maximum Gasteiger partial charge on any atom is 0.228 e. The molecular formula is C24H28FN5O. The number of amides is 1. The fourth-order valence-electron chi connectivity index (χ4n) is 4.15. The molecule has 0 radical (unpaired) electrons. The van der Waals surface area contributed by atoms with E-state index in [9.17, 15) is 9.18 Å². The van der Waals surface area contributed by atoms with Crippen molar-refractivity contribution in [2.75, 3.05) is 4.90 Å². The van der Waals surface area contributed by atoms with E-state index in [-0.39, 0.29) is 17.8 Å². The molecule has 1 aromatic heterocycles. The molecule has 31 heavy (non-hydrogen) atoms. The summed E-state index contributed by atoms with van der Waals surface area (Å²) in [5.41, 5.74) is 1.94. The van der Waals surface area contributed by atoms with Crippen molar-refractivity contribution in [3.63, 3.8) is 0 Å². The van der Waals surface area contributed by atoms with Gasteiger partial charge in [-0.3, -0.25) is 9.69 Å². The molecule has 6 nitrogen and oxygen atoms in total. The van der Waals surface area contributed by atoms with E-state index in [0.717, 1.165) is 32.2 Å². The molecule has 7 heteroatoms. The highest BCUT2D eigenvalue weighted by molar-refractivity contribution is 5.92. The second-order valence-electron chi connectivity index (χ2n) is 7.96. The number of hydrogen-bond acceptors (Lipinski definition) is 4. The molecule has 4 rings (SSSR count). The maximum absolute atomic E-state index is 13.2. The largest absolute Gasteiger partial charge is 0.310 e. The minimum Gasteiger partial charge on any atom is -0.310 e. The fraction of sp³-hybridized carbons (Fsp3) is 0.375. The lowest BCUT2D eigenvalue weighted by molar-refractivity contribution is -0.119. The van der Waals surface area contributed by atoms with Crippen molar-refractivity contribution in [1.82, 2.24) is 20.3 Å². The number of benzene rings is 2. The van der Waals surface area contributed by atoms with E-state index in [1.807, 2.05) is 13.0 Å². The molecule has 0 spiro atoms. The zero-order valence-electron chi connectivity index (χ0n) is 17.7. The number of rotatable bonds is 7. The Bertz CT molecular complexity index is 981. The van der Waals surface area contributed by atoms with Gasteiger partial charge in [0.25, 0.3) is 0 Å². The molecule has 1 fully saturated rings. The lowest BCUT2D eigenvalue weighted by Gasteiger charge is -2.35. The first-order chi connectivity index (χ1) is 15.1. The Morgan fingerprint density at radius 2 is 1.81 bits per heavy atom. The summed E-state index contributed by atoms with van der Waals surface area (Å²) in [6.45, 7) is 2.73. The summed E-state index contributed by atoms with van der Waals surface area (Å²) < 4.78 is 13.2. The van der Waals surface area contributed by atoms with E-state index < -0.39 is 0 Å². The number of aromatic nitrogens is 3. The van der Waals surface area contributed by atoms with Crippen molar-refractivity contribution in [3.8, 4) is 5.69 Å². The number of halogens is 1. The van der Waals surface area contributed by atoms with Crippen LogP contribution in [-0.2, 0) is 11.3 Å². The number of carbonyl (C=O) groups is 1. The van der Waals surface area contributed by atoms with Crippen molar-refractivity contribution in [2.24, 2.45) is 0 Å². The predicted molar refractivity (Wildman–Crippen MR) is 118 cm³/mol. The summed E-state index contributed by atoms with van der Waals surface area (Å²) in [5.74, 6) is 0.292. The quantitative estimate of drug-likeness (QED) is 0.620. The number of nitrogens with one attached hydrogen (secondary N) is 1. The second-order valence-corrected chi connectivity index (χ2v) is 7.96. The van der Waals surface area contributed by atoms with Gasteiger partial charge in [0.2, 0.25) is 5.91 Å². The predicted octanol–water partition coefficient (Wildman–Crippen LogP) is 4.25. The van der Waals surface area contributed by atoms with Gasteiger partial charge >= 0.3 is 0 Å². The summed E-state index contributed by atoms with van der Waals surface area (Å²) in [4.78, 5) is 16.0. The van der Waals surface area contributed by atoms with Crippen LogP contribution in [0, 0.1) is 5.82 Å². The molecule has 0 atom stereocenters. The number of carbonyl (C=O) groups excluding carboxylic acids is 1. The van der Waals surface area contributed by atoms with Gasteiger partial charge in [-0.1, -0.05) is 37.3 Å². The number of nitrogens with zero attached hydrogens (tertiary/aromatic N) is 4. The van der Waals surface area contributed by atoms with E-state index in [1.54, 1.807) is 23.2 Å². The molecule has 0 aliphatic heterocycles.